The lowest BCUT2D eigenvalue weighted by Gasteiger charge is -2.04. The van der Waals surface area contributed by atoms with Gasteiger partial charge in [-0.3, -0.25) is 4.28 Å². The molecule has 0 saturated heterocycles. The average molecular weight is 335 g/mol. The summed E-state index contributed by atoms with van der Waals surface area (Å²) in [6.07, 6.45) is 0. The van der Waals surface area contributed by atoms with E-state index < -0.39 is 10.1 Å². The Morgan fingerprint density at radius 3 is 2.36 bits per heavy atom. The molecule has 2 aromatic carbocycles. The number of nitrogens with zero attached hydrogens (tertiary/aromatic N) is 1. The summed E-state index contributed by atoms with van der Waals surface area (Å²) in [5, 5.41) is 4.23. The molecule has 0 heterocycles. The molecule has 2 aromatic rings. The number of benzene rings is 2. The molecule has 0 saturated carbocycles. The molecule has 0 aliphatic carbocycles. The lowest BCUT2D eigenvalue weighted by Crippen LogP contribution is -2.06. The number of hydrogen-bond donors (Lipinski definition) is 0. The normalized spacial score (nSPS) is 12.2. The number of hydrogen-bond acceptors (Lipinski definition) is 5. The smallest absolute Gasteiger partial charge is 0.267 e. The number of aryl methyl sites for hydroxylation is 1. The van der Waals surface area contributed by atoms with Crippen molar-refractivity contribution in [3.63, 3.8) is 0 Å². The zero-order chi connectivity index (χ0) is 16.0. The molecule has 116 valence electrons. The maximum absolute atomic E-state index is 11.9. The van der Waals surface area contributed by atoms with E-state index in [0.717, 1.165) is 4.90 Å². The van der Waals surface area contributed by atoms with E-state index in [1.165, 1.54) is 17.3 Å². The Labute approximate surface area is 135 Å². The SMILES string of the molecule is CC(=NOS(=O)(=O)Cc1ccccc1)Sc1ccc(C)cc1. The van der Waals surface area contributed by atoms with Crippen molar-refractivity contribution in [1.82, 2.24) is 0 Å². The molecule has 0 atom stereocenters. The molecular weight excluding hydrogens is 318 g/mol. The van der Waals surface area contributed by atoms with Gasteiger partial charge in [-0.2, -0.15) is 8.42 Å². The first-order chi connectivity index (χ1) is 10.4. The second-order valence-electron chi connectivity index (χ2n) is 4.79. The first-order valence-electron chi connectivity index (χ1n) is 6.69. The summed E-state index contributed by atoms with van der Waals surface area (Å²) in [5.74, 6) is -0.195. The maximum Gasteiger partial charge on any atom is 0.332 e. The summed E-state index contributed by atoms with van der Waals surface area (Å²) >= 11 is 1.36. The van der Waals surface area contributed by atoms with Crippen molar-refractivity contribution < 1.29 is 12.7 Å². The van der Waals surface area contributed by atoms with Crippen molar-refractivity contribution in [2.24, 2.45) is 5.16 Å². The standard InChI is InChI=1S/C16H17NO3S2/c1-13-8-10-16(11-9-13)21-14(2)17-20-22(18,19)12-15-6-4-3-5-7-15/h3-11H,12H2,1-2H3. The zero-order valence-corrected chi connectivity index (χ0v) is 14.0. The van der Waals surface area contributed by atoms with Gasteiger partial charge >= 0.3 is 10.1 Å². The van der Waals surface area contributed by atoms with Crippen LogP contribution >= 0.6 is 11.8 Å². The van der Waals surface area contributed by atoms with Crippen LogP contribution in [-0.2, 0) is 20.2 Å². The zero-order valence-electron chi connectivity index (χ0n) is 12.4. The number of thioether (sulfide) groups is 1. The Bertz CT molecular complexity index is 739. The largest absolute Gasteiger partial charge is 0.332 e. The molecule has 0 radical (unpaired) electrons. The molecule has 0 N–H and O–H groups in total. The fourth-order valence-corrected chi connectivity index (χ4v) is 3.32. The first-order valence-corrected chi connectivity index (χ1v) is 9.08. The van der Waals surface area contributed by atoms with Gasteiger partial charge in [0.15, 0.2) is 0 Å². The summed E-state index contributed by atoms with van der Waals surface area (Å²) in [6.45, 7) is 3.72. The monoisotopic (exact) mass is 335 g/mol. The third-order valence-corrected chi connectivity index (χ3v) is 4.62. The number of rotatable bonds is 5. The van der Waals surface area contributed by atoms with Gasteiger partial charge in [-0.15, -0.1) is 0 Å². The Hall–Kier alpha value is -1.79. The topological polar surface area (TPSA) is 55.7 Å². The van der Waals surface area contributed by atoms with Crippen LogP contribution in [0.2, 0.25) is 0 Å². The summed E-state index contributed by atoms with van der Waals surface area (Å²) in [7, 11) is -3.73. The molecule has 22 heavy (non-hydrogen) atoms. The quantitative estimate of drug-likeness (QED) is 0.359. The molecule has 6 heteroatoms. The van der Waals surface area contributed by atoms with Gasteiger partial charge in [-0.25, -0.2) is 0 Å². The first kappa shape index (κ1) is 16.6. The van der Waals surface area contributed by atoms with E-state index in [1.807, 2.05) is 37.3 Å². The molecule has 0 aliphatic heterocycles. The molecule has 0 fully saturated rings. The number of oxime groups is 1. The van der Waals surface area contributed by atoms with E-state index >= 15 is 0 Å². The van der Waals surface area contributed by atoms with Crippen molar-refractivity contribution >= 4 is 26.9 Å². The lowest BCUT2D eigenvalue weighted by molar-refractivity contribution is 0.339. The highest BCUT2D eigenvalue weighted by Crippen LogP contribution is 2.20. The Balaban J connectivity index is 1.96. The summed E-state index contributed by atoms with van der Waals surface area (Å²) < 4.78 is 28.5. The van der Waals surface area contributed by atoms with Crippen molar-refractivity contribution in [2.45, 2.75) is 24.5 Å². The predicted molar refractivity (Wildman–Crippen MR) is 90.3 cm³/mol. The molecule has 0 aliphatic rings. The van der Waals surface area contributed by atoms with Crippen molar-refractivity contribution in [3.8, 4) is 0 Å². The third kappa shape index (κ3) is 5.54. The van der Waals surface area contributed by atoms with E-state index in [0.29, 0.717) is 10.6 Å². The fourth-order valence-electron chi connectivity index (χ4n) is 1.71. The van der Waals surface area contributed by atoms with Crippen LogP contribution in [0.5, 0.6) is 0 Å². The molecule has 0 aromatic heterocycles. The molecule has 0 spiro atoms. The van der Waals surface area contributed by atoms with Crippen LogP contribution in [0.25, 0.3) is 0 Å². The summed E-state index contributed by atoms with van der Waals surface area (Å²) in [6, 6.07) is 16.8. The van der Waals surface area contributed by atoms with Crippen LogP contribution in [0.1, 0.15) is 18.1 Å². The van der Waals surface area contributed by atoms with Crippen LogP contribution in [0.3, 0.4) is 0 Å². The highest BCUT2D eigenvalue weighted by molar-refractivity contribution is 8.13. The molecule has 0 amide bonds. The van der Waals surface area contributed by atoms with Gasteiger partial charge in [0.25, 0.3) is 0 Å². The van der Waals surface area contributed by atoms with Gasteiger partial charge in [0.05, 0.1) is 0 Å². The van der Waals surface area contributed by atoms with Gasteiger partial charge in [0.1, 0.15) is 10.8 Å². The van der Waals surface area contributed by atoms with E-state index in [2.05, 4.69) is 5.16 Å². The van der Waals surface area contributed by atoms with Crippen molar-refractivity contribution in [2.75, 3.05) is 0 Å². The Morgan fingerprint density at radius 1 is 1.09 bits per heavy atom. The van der Waals surface area contributed by atoms with Crippen LogP contribution < -0.4 is 0 Å². The fraction of sp³-hybridized carbons (Fsp3) is 0.188. The minimum atomic E-state index is -3.73. The van der Waals surface area contributed by atoms with Gasteiger partial charge in [0.2, 0.25) is 0 Å². The van der Waals surface area contributed by atoms with Gasteiger partial charge in [0, 0.05) is 4.90 Å². The van der Waals surface area contributed by atoms with Gasteiger partial charge in [-0.1, -0.05) is 64.9 Å². The average Bonchev–Trinajstić information content (AvgIpc) is 2.48. The molecular formula is C16H17NO3S2. The van der Waals surface area contributed by atoms with E-state index in [4.69, 9.17) is 4.28 Å². The van der Waals surface area contributed by atoms with Crippen LogP contribution in [-0.4, -0.2) is 13.5 Å². The Morgan fingerprint density at radius 2 is 1.73 bits per heavy atom. The van der Waals surface area contributed by atoms with Crippen molar-refractivity contribution in [3.05, 3.63) is 65.7 Å². The summed E-state index contributed by atoms with van der Waals surface area (Å²) in [4.78, 5) is 0.982. The molecule has 0 unspecified atom stereocenters. The van der Waals surface area contributed by atoms with Crippen LogP contribution in [0, 0.1) is 6.92 Å². The third-order valence-electron chi connectivity index (χ3n) is 2.75. The van der Waals surface area contributed by atoms with Gasteiger partial charge in [-0.05, 0) is 31.5 Å². The van der Waals surface area contributed by atoms with Gasteiger partial charge < -0.3 is 0 Å². The van der Waals surface area contributed by atoms with Crippen molar-refractivity contribution in [1.29, 1.82) is 0 Å². The molecule has 2 rings (SSSR count). The lowest BCUT2D eigenvalue weighted by atomic mass is 10.2. The van der Waals surface area contributed by atoms with E-state index in [9.17, 15) is 8.42 Å². The predicted octanol–water partition coefficient (Wildman–Crippen LogP) is 3.97. The van der Waals surface area contributed by atoms with Crippen LogP contribution in [0.15, 0.2) is 64.6 Å². The summed E-state index contributed by atoms with van der Waals surface area (Å²) in [5.41, 5.74) is 1.84. The second kappa shape index (κ2) is 7.47. The maximum atomic E-state index is 11.9. The Kier molecular flexibility index (Phi) is 5.63. The van der Waals surface area contributed by atoms with E-state index in [-0.39, 0.29) is 5.75 Å². The highest BCUT2D eigenvalue weighted by atomic mass is 32.2. The van der Waals surface area contributed by atoms with E-state index in [1.54, 1.807) is 31.2 Å². The minimum absolute atomic E-state index is 0.195. The molecule has 0 bridgehead atoms. The highest BCUT2D eigenvalue weighted by Gasteiger charge is 2.13. The second-order valence-corrected chi connectivity index (χ2v) is 7.61. The van der Waals surface area contributed by atoms with Crippen LogP contribution in [0.4, 0.5) is 0 Å². The molecule has 4 nitrogen and oxygen atoms in total. The minimum Gasteiger partial charge on any atom is -0.267 e.